The smallest absolute Gasteiger partial charge is 0.462 e. The summed E-state index contributed by atoms with van der Waals surface area (Å²) in [6.45, 7) is 4.27. The second-order valence-corrected chi connectivity index (χ2v) is 15.0. The Balaban J connectivity index is 4.48. The second-order valence-electron chi connectivity index (χ2n) is 13.6. The topological polar surface area (TPSA) is 169 Å². The first-order valence-corrected chi connectivity index (χ1v) is 21.0. The molecule has 0 amide bonds. The molecule has 0 saturated heterocycles. The van der Waals surface area contributed by atoms with E-state index in [0.29, 0.717) is 19.3 Å². The van der Waals surface area contributed by atoms with Gasteiger partial charge in [0.1, 0.15) is 12.7 Å². The van der Waals surface area contributed by atoms with Gasteiger partial charge in [-0.05, 0) is 63.7 Å². The number of ether oxygens (including phenoxy) is 2. The number of phosphoric acid groups is 1. The summed E-state index contributed by atoms with van der Waals surface area (Å²) in [7, 11) is -4.64. The minimum Gasteiger partial charge on any atom is -0.462 e. The van der Waals surface area contributed by atoms with E-state index in [1.54, 1.807) is 0 Å². The van der Waals surface area contributed by atoms with Crippen molar-refractivity contribution in [1.82, 2.24) is 0 Å². The Kier molecular flexibility index (Phi) is 33.2. The minimum absolute atomic E-state index is 0.0940. The molecule has 0 bridgehead atoms. The Morgan fingerprint density at radius 2 is 1.15 bits per heavy atom. The normalized spacial score (nSPS) is 15.2. The van der Waals surface area contributed by atoms with Gasteiger partial charge in [-0.3, -0.25) is 18.6 Å². The molecule has 0 aliphatic rings. The van der Waals surface area contributed by atoms with Crippen LogP contribution < -0.4 is 0 Å². The highest BCUT2D eigenvalue weighted by molar-refractivity contribution is 7.47. The number of hydrogen-bond donors (Lipinski definition) is 4. The molecule has 1 unspecified atom stereocenters. The van der Waals surface area contributed by atoms with E-state index in [2.05, 4.69) is 54.8 Å². The zero-order chi connectivity index (χ0) is 38.7. The summed E-state index contributed by atoms with van der Waals surface area (Å²) in [6.07, 6.45) is 30.5. The van der Waals surface area contributed by atoms with Crippen molar-refractivity contribution in [1.29, 1.82) is 0 Å². The lowest BCUT2D eigenvalue weighted by Gasteiger charge is -2.20. The van der Waals surface area contributed by atoms with E-state index in [9.17, 15) is 29.3 Å². The van der Waals surface area contributed by atoms with Crippen LogP contribution in [0.3, 0.4) is 0 Å². The predicted molar refractivity (Wildman–Crippen MR) is 206 cm³/mol. The summed E-state index contributed by atoms with van der Waals surface area (Å²) < 4.78 is 32.5. The van der Waals surface area contributed by atoms with Crippen LogP contribution in [0.5, 0.6) is 0 Å². The second kappa shape index (κ2) is 34.6. The Morgan fingerprint density at radius 3 is 1.73 bits per heavy atom. The maximum Gasteiger partial charge on any atom is 0.472 e. The lowest BCUT2D eigenvalue weighted by atomic mass is 10.0. The molecule has 4 N–H and O–H groups in total. The number of carbonyl (C=O) groups excluding carboxylic acids is 2. The zero-order valence-electron chi connectivity index (χ0n) is 32.3. The zero-order valence-corrected chi connectivity index (χ0v) is 33.2. The summed E-state index contributed by atoms with van der Waals surface area (Å²) in [5.41, 5.74) is 0. The fraction of sp³-hybridized carbons (Fsp3) is 0.750. The van der Waals surface area contributed by atoms with Crippen molar-refractivity contribution in [2.24, 2.45) is 5.92 Å². The molecule has 302 valence electrons. The molecule has 0 aromatic rings. The van der Waals surface area contributed by atoms with Crippen molar-refractivity contribution in [2.75, 3.05) is 26.4 Å². The van der Waals surface area contributed by atoms with Crippen LogP contribution in [0.1, 0.15) is 143 Å². The van der Waals surface area contributed by atoms with Crippen molar-refractivity contribution in [3.8, 4) is 0 Å². The number of aliphatic hydroxyl groups excluding tert-OH is 3. The van der Waals surface area contributed by atoms with E-state index in [0.717, 1.165) is 63.7 Å². The van der Waals surface area contributed by atoms with Crippen molar-refractivity contribution < 1.29 is 52.9 Å². The number of carbonyl (C=O) groups is 2. The fourth-order valence-corrected chi connectivity index (χ4v) is 5.64. The van der Waals surface area contributed by atoms with Gasteiger partial charge in [-0.1, -0.05) is 121 Å². The molecule has 4 atom stereocenters. The van der Waals surface area contributed by atoms with Gasteiger partial charge in [-0.2, -0.15) is 0 Å². The third kappa shape index (κ3) is 34.9. The third-order valence-electron chi connectivity index (χ3n) is 8.08. The monoisotopic (exact) mass is 758 g/mol. The van der Waals surface area contributed by atoms with Crippen LogP contribution in [0.4, 0.5) is 0 Å². The van der Waals surface area contributed by atoms with Crippen LogP contribution in [0, 0.1) is 5.92 Å². The first-order valence-electron chi connectivity index (χ1n) is 19.5. The van der Waals surface area contributed by atoms with Crippen LogP contribution in [-0.2, 0) is 32.7 Å². The molecule has 0 saturated carbocycles. The average molecular weight is 759 g/mol. The molecule has 11 nitrogen and oxygen atoms in total. The largest absolute Gasteiger partial charge is 0.472 e. The van der Waals surface area contributed by atoms with Gasteiger partial charge in [0, 0.05) is 12.8 Å². The van der Waals surface area contributed by atoms with E-state index in [1.165, 1.54) is 32.1 Å². The van der Waals surface area contributed by atoms with Gasteiger partial charge in [0.15, 0.2) is 6.10 Å². The predicted octanol–water partition coefficient (Wildman–Crippen LogP) is 8.60. The molecule has 12 heteroatoms. The molecule has 0 spiro atoms. The maximum atomic E-state index is 12.5. The summed E-state index contributed by atoms with van der Waals surface area (Å²) >= 11 is 0. The van der Waals surface area contributed by atoms with Crippen molar-refractivity contribution in [2.45, 2.75) is 161 Å². The molecule has 0 rings (SSSR count). The van der Waals surface area contributed by atoms with E-state index >= 15 is 0 Å². The van der Waals surface area contributed by atoms with Crippen LogP contribution in [-0.4, -0.2) is 76.9 Å². The molecule has 0 fully saturated rings. The van der Waals surface area contributed by atoms with Gasteiger partial charge >= 0.3 is 19.8 Å². The fourth-order valence-electron chi connectivity index (χ4n) is 4.85. The molecule has 0 aliphatic heterocycles. The summed E-state index contributed by atoms with van der Waals surface area (Å²) in [5.74, 6) is -0.260. The van der Waals surface area contributed by atoms with E-state index < -0.39 is 51.8 Å². The van der Waals surface area contributed by atoms with Crippen molar-refractivity contribution in [3.05, 3.63) is 48.6 Å². The van der Waals surface area contributed by atoms with E-state index in [1.807, 2.05) is 19.1 Å². The van der Waals surface area contributed by atoms with Crippen LogP contribution >= 0.6 is 7.82 Å². The average Bonchev–Trinajstić information content (AvgIpc) is 3.11. The highest BCUT2D eigenvalue weighted by Crippen LogP contribution is 2.43. The SMILES string of the molecule is CC[C@@H](O)CC/C=C\C/C=C\C/C=C\C/C=C\CCCC(=O)O[C@H](COC(=O)CCCCCCCCCCC(C)C)COP(=O)(O)OC[C@@H](O)CO. The summed E-state index contributed by atoms with van der Waals surface area (Å²) in [4.78, 5) is 34.8. The molecule has 52 heavy (non-hydrogen) atoms. The Hall–Kier alpha value is -2.11. The summed E-state index contributed by atoms with van der Waals surface area (Å²) in [5, 5.41) is 27.8. The molecular weight excluding hydrogens is 687 g/mol. The van der Waals surface area contributed by atoms with Crippen molar-refractivity contribution >= 4 is 19.8 Å². The Morgan fingerprint density at radius 1 is 0.635 bits per heavy atom. The first-order chi connectivity index (χ1) is 25.0. The van der Waals surface area contributed by atoms with Gasteiger partial charge in [0.25, 0.3) is 0 Å². The quantitative estimate of drug-likeness (QED) is 0.0211. The van der Waals surface area contributed by atoms with Crippen LogP contribution in [0.25, 0.3) is 0 Å². The van der Waals surface area contributed by atoms with Crippen LogP contribution in [0.15, 0.2) is 48.6 Å². The van der Waals surface area contributed by atoms with Gasteiger partial charge in [-0.15, -0.1) is 0 Å². The number of phosphoric ester groups is 1. The number of allylic oxidation sites excluding steroid dienone is 8. The maximum absolute atomic E-state index is 12.5. The van der Waals surface area contributed by atoms with Gasteiger partial charge in [0.2, 0.25) is 0 Å². The van der Waals surface area contributed by atoms with Gasteiger partial charge < -0.3 is 29.7 Å². The molecule has 0 aromatic heterocycles. The number of unbranched alkanes of at least 4 members (excludes halogenated alkanes) is 8. The van der Waals surface area contributed by atoms with E-state index in [4.69, 9.17) is 19.1 Å². The number of rotatable bonds is 35. The highest BCUT2D eigenvalue weighted by atomic mass is 31.2. The lowest BCUT2D eigenvalue weighted by Crippen LogP contribution is -2.29. The standard InChI is InChI=1S/C40H71O11P/c1-4-36(42)28-24-20-16-11-9-7-5-6-8-10-12-18-22-26-30-40(45)51-38(34-50-52(46,47)49-32-37(43)31-41)33-48-39(44)29-25-21-17-14-13-15-19-23-27-35(2)3/h6-9,12,16,18,20,35-38,41-43H,4-5,10-11,13-15,17,19,21-34H2,1-3H3,(H,46,47)/b8-6-,9-7-,18-12-,20-16-/t36-,37+,38-/m1/s1. The summed E-state index contributed by atoms with van der Waals surface area (Å²) in [6, 6.07) is 0. The van der Waals surface area contributed by atoms with Gasteiger partial charge in [0.05, 0.1) is 25.9 Å². The number of esters is 2. The lowest BCUT2D eigenvalue weighted by molar-refractivity contribution is -0.161. The van der Waals surface area contributed by atoms with Crippen LogP contribution in [0.2, 0.25) is 0 Å². The molecule has 0 radical (unpaired) electrons. The third-order valence-corrected chi connectivity index (χ3v) is 9.03. The molecular formula is C40H71O11P. The van der Waals surface area contributed by atoms with Gasteiger partial charge in [-0.25, -0.2) is 4.57 Å². The van der Waals surface area contributed by atoms with Crippen molar-refractivity contribution in [3.63, 3.8) is 0 Å². The number of hydrogen-bond acceptors (Lipinski definition) is 10. The number of aliphatic hydroxyl groups is 3. The van der Waals surface area contributed by atoms with E-state index in [-0.39, 0.29) is 25.6 Å². The molecule has 0 aromatic carbocycles. The highest BCUT2D eigenvalue weighted by Gasteiger charge is 2.27. The molecule has 0 heterocycles. The minimum atomic E-state index is -4.64. The molecule has 0 aliphatic carbocycles. The Bertz CT molecular complexity index is 1040. The first kappa shape index (κ1) is 49.9. The Labute approximate surface area is 314 Å².